The number of rotatable bonds is 4. The molecule has 0 amide bonds. The summed E-state index contributed by atoms with van der Waals surface area (Å²) in [5.41, 5.74) is 0.524. The summed E-state index contributed by atoms with van der Waals surface area (Å²) in [6.45, 7) is 1.77. The monoisotopic (exact) mass is 299 g/mol. The van der Waals surface area contributed by atoms with Crippen LogP contribution in [0.1, 0.15) is 24.8 Å². The third kappa shape index (κ3) is 2.27. The van der Waals surface area contributed by atoms with Crippen molar-refractivity contribution in [2.24, 2.45) is 5.41 Å². The molecule has 0 saturated heterocycles. The van der Waals surface area contributed by atoms with Crippen LogP contribution in [0.3, 0.4) is 0 Å². The molecule has 0 bridgehead atoms. The Morgan fingerprint density at radius 2 is 2.00 bits per heavy atom. The smallest absolute Gasteiger partial charge is 0.327 e. The summed E-state index contributed by atoms with van der Waals surface area (Å²) in [5, 5.41) is 9.66. The van der Waals surface area contributed by atoms with Gasteiger partial charge >= 0.3 is 5.97 Å². The van der Waals surface area contributed by atoms with Crippen molar-refractivity contribution < 1.29 is 19.1 Å². The number of methoxy groups -OCH3 is 2. The predicted octanol–water partition coefficient (Wildman–Crippen LogP) is 2.38. The topological polar surface area (TPSA) is 76.4 Å². The second-order valence-corrected chi connectivity index (χ2v) is 5.31. The lowest BCUT2D eigenvalue weighted by Crippen LogP contribution is -2.35. The van der Waals surface area contributed by atoms with Gasteiger partial charge in [0.15, 0.2) is 5.41 Å². The van der Waals surface area contributed by atoms with E-state index in [4.69, 9.17) is 9.47 Å². The summed E-state index contributed by atoms with van der Waals surface area (Å²) in [6.07, 6.45) is 0.924. The molecule has 0 heterocycles. The van der Waals surface area contributed by atoms with Gasteiger partial charge in [-0.25, -0.2) is 0 Å². The number of hydrogen-bond donors (Lipinski definition) is 0. The quantitative estimate of drug-likeness (QED) is 0.630. The number of aldehydes is 1. The summed E-state index contributed by atoms with van der Waals surface area (Å²) in [6, 6.07) is 9.10. The molecule has 0 radical (unpaired) electrons. The summed E-state index contributed by atoms with van der Waals surface area (Å²) < 4.78 is 9.95. The van der Waals surface area contributed by atoms with Gasteiger partial charge in [-0.2, -0.15) is 5.26 Å². The van der Waals surface area contributed by atoms with E-state index in [1.54, 1.807) is 38.3 Å². The van der Waals surface area contributed by atoms with Gasteiger partial charge in [0.05, 0.1) is 20.3 Å². The minimum Gasteiger partial charge on any atom is -0.497 e. The van der Waals surface area contributed by atoms with Crippen LogP contribution in [0.4, 0.5) is 0 Å². The Bertz CT molecular complexity index is 669. The average Bonchev–Trinajstić information content (AvgIpc) is 2.86. The first-order chi connectivity index (χ1) is 10.5. The molecule has 1 aromatic carbocycles. The van der Waals surface area contributed by atoms with E-state index in [1.165, 1.54) is 7.11 Å². The van der Waals surface area contributed by atoms with Gasteiger partial charge in [-0.05, 0) is 31.0 Å². The van der Waals surface area contributed by atoms with E-state index in [9.17, 15) is 14.9 Å². The number of nitriles is 1. The van der Waals surface area contributed by atoms with Crippen LogP contribution in [0, 0.1) is 16.7 Å². The molecule has 0 spiro atoms. The molecular weight excluding hydrogens is 282 g/mol. The number of carbonyl (C=O) groups is 2. The van der Waals surface area contributed by atoms with E-state index in [2.05, 4.69) is 6.07 Å². The lowest BCUT2D eigenvalue weighted by molar-refractivity contribution is -0.149. The molecule has 22 heavy (non-hydrogen) atoms. The molecule has 0 unspecified atom stereocenters. The van der Waals surface area contributed by atoms with Crippen LogP contribution in [0.25, 0.3) is 0 Å². The van der Waals surface area contributed by atoms with Crippen LogP contribution < -0.4 is 4.74 Å². The molecular formula is C17H17NO4. The fourth-order valence-corrected chi connectivity index (χ4v) is 3.09. The predicted molar refractivity (Wildman–Crippen MR) is 79.2 cm³/mol. The normalized spacial score (nSPS) is 23.8. The zero-order valence-electron chi connectivity index (χ0n) is 12.8. The number of esters is 1. The van der Waals surface area contributed by atoms with Crippen LogP contribution >= 0.6 is 0 Å². The van der Waals surface area contributed by atoms with E-state index in [0.29, 0.717) is 16.9 Å². The van der Waals surface area contributed by atoms with Gasteiger partial charge in [0.2, 0.25) is 0 Å². The van der Waals surface area contributed by atoms with Crippen LogP contribution in [0.2, 0.25) is 0 Å². The molecule has 0 saturated carbocycles. The largest absolute Gasteiger partial charge is 0.497 e. The van der Waals surface area contributed by atoms with Crippen molar-refractivity contribution in [3.63, 3.8) is 0 Å². The van der Waals surface area contributed by atoms with Crippen molar-refractivity contribution in [3.8, 4) is 11.8 Å². The van der Waals surface area contributed by atoms with Gasteiger partial charge in [0.1, 0.15) is 12.0 Å². The first-order valence-corrected chi connectivity index (χ1v) is 6.82. The second kappa shape index (κ2) is 6.02. The van der Waals surface area contributed by atoms with E-state index in [0.717, 1.165) is 11.9 Å². The number of ether oxygens (including phenoxy) is 2. The van der Waals surface area contributed by atoms with Crippen molar-refractivity contribution in [3.05, 3.63) is 41.0 Å². The minimum atomic E-state index is -1.40. The fourth-order valence-electron chi connectivity index (χ4n) is 3.09. The zero-order valence-corrected chi connectivity index (χ0v) is 12.8. The molecule has 1 aliphatic rings. The van der Waals surface area contributed by atoms with Gasteiger partial charge < -0.3 is 9.47 Å². The van der Waals surface area contributed by atoms with Gasteiger partial charge in [0, 0.05) is 11.5 Å². The highest BCUT2D eigenvalue weighted by Crippen LogP contribution is 2.52. The molecule has 1 aromatic rings. The van der Waals surface area contributed by atoms with Crippen molar-refractivity contribution in [2.75, 3.05) is 14.2 Å². The lowest BCUT2D eigenvalue weighted by atomic mass is 9.72. The summed E-state index contributed by atoms with van der Waals surface area (Å²) in [5.74, 6) is -0.587. The van der Waals surface area contributed by atoms with E-state index < -0.39 is 17.3 Å². The Morgan fingerprint density at radius 3 is 2.45 bits per heavy atom. The lowest BCUT2D eigenvalue weighted by Gasteiger charge is -2.27. The molecule has 0 aromatic heterocycles. The van der Waals surface area contributed by atoms with E-state index >= 15 is 0 Å². The fraction of sp³-hybridized carbons (Fsp3) is 0.353. The first kappa shape index (κ1) is 15.8. The summed E-state index contributed by atoms with van der Waals surface area (Å²) >= 11 is 0. The molecule has 0 fully saturated rings. The van der Waals surface area contributed by atoms with Crippen LogP contribution in [0.15, 0.2) is 35.4 Å². The highest BCUT2D eigenvalue weighted by molar-refractivity contribution is 5.90. The van der Waals surface area contributed by atoms with Crippen molar-refractivity contribution >= 4 is 12.3 Å². The third-order valence-electron chi connectivity index (χ3n) is 4.17. The SMILES string of the molecule is COC(=O)[C@]1(C#N)CC(C)=C(C=O)[C@H]1c1ccc(OC)cc1. The number of benzene rings is 1. The van der Waals surface area contributed by atoms with Crippen molar-refractivity contribution in [2.45, 2.75) is 19.3 Å². The van der Waals surface area contributed by atoms with Crippen LogP contribution in [-0.2, 0) is 14.3 Å². The zero-order chi connectivity index (χ0) is 16.3. The maximum absolute atomic E-state index is 12.3. The highest BCUT2D eigenvalue weighted by Gasteiger charge is 2.54. The van der Waals surface area contributed by atoms with Crippen molar-refractivity contribution in [1.29, 1.82) is 5.26 Å². The van der Waals surface area contributed by atoms with E-state index in [1.807, 2.05) is 0 Å². The molecule has 2 rings (SSSR count). The molecule has 114 valence electrons. The number of hydrogen-bond acceptors (Lipinski definition) is 5. The summed E-state index contributed by atoms with van der Waals surface area (Å²) in [7, 11) is 2.81. The number of allylic oxidation sites excluding steroid dienone is 2. The Hall–Kier alpha value is -2.61. The minimum absolute atomic E-state index is 0.195. The van der Waals surface area contributed by atoms with Gasteiger partial charge in [-0.1, -0.05) is 17.7 Å². The number of nitrogens with zero attached hydrogens (tertiary/aromatic N) is 1. The third-order valence-corrected chi connectivity index (χ3v) is 4.17. The molecule has 5 heteroatoms. The van der Waals surface area contributed by atoms with Crippen LogP contribution in [0.5, 0.6) is 5.75 Å². The molecule has 5 nitrogen and oxygen atoms in total. The second-order valence-electron chi connectivity index (χ2n) is 5.31. The maximum Gasteiger partial charge on any atom is 0.327 e. The molecule has 0 aliphatic heterocycles. The van der Waals surface area contributed by atoms with Gasteiger partial charge in [0.25, 0.3) is 0 Å². The first-order valence-electron chi connectivity index (χ1n) is 6.82. The maximum atomic E-state index is 12.3. The molecule has 2 atom stereocenters. The standard InChI is InChI=1S/C17H17NO4/c1-11-8-17(10-18,16(20)22-3)15(14(11)9-19)12-4-6-13(21-2)7-5-12/h4-7,9,15H,8H2,1-3H3/t15-,17+/m1/s1. The Labute approximate surface area is 129 Å². The summed E-state index contributed by atoms with van der Waals surface area (Å²) in [4.78, 5) is 23.8. The number of carbonyl (C=O) groups excluding carboxylic acids is 2. The van der Waals surface area contributed by atoms with E-state index in [-0.39, 0.29) is 6.42 Å². The Balaban J connectivity index is 2.60. The Morgan fingerprint density at radius 1 is 1.36 bits per heavy atom. The average molecular weight is 299 g/mol. The molecule has 1 aliphatic carbocycles. The van der Waals surface area contributed by atoms with Crippen molar-refractivity contribution in [1.82, 2.24) is 0 Å². The highest BCUT2D eigenvalue weighted by atomic mass is 16.5. The Kier molecular flexibility index (Phi) is 4.32. The van der Waals surface area contributed by atoms with Gasteiger partial charge in [-0.3, -0.25) is 9.59 Å². The van der Waals surface area contributed by atoms with Gasteiger partial charge in [-0.15, -0.1) is 0 Å². The molecule has 0 N–H and O–H groups in total. The van der Waals surface area contributed by atoms with Crippen LogP contribution in [-0.4, -0.2) is 26.5 Å².